The molecule has 1 unspecified atom stereocenters. The Labute approximate surface area is 112 Å². The van der Waals surface area contributed by atoms with Crippen molar-refractivity contribution in [3.8, 4) is 0 Å². The lowest BCUT2D eigenvalue weighted by molar-refractivity contribution is -0.140. The maximum Gasteiger partial charge on any atom is 0.305 e. The van der Waals surface area contributed by atoms with Gasteiger partial charge in [-0.2, -0.15) is 0 Å². The van der Waals surface area contributed by atoms with Gasteiger partial charge in [0.15, 0.2) is 0 Å². The molecule has 0 saturated heterocycles. The molecule has 1 atom stereocenters. The topological polar surface area (TPSA) is 46.5 Å². The summed E-state index contributed by atoms with van der Waals surface area (Å²) in [5.41, 5.74) is 0. The Morgan fingerprint density at radius 2 is 1.56 bits per heavy atom. The van der Waals surface area contributed by atoms with Crippen LogP contribution in [0.25, 0.3) is 0 Å². The Bertz CT molecular complexity index is 192. The molecule has 0 aliphatic heterocycles. The summed E-state index contributed by atoms with van der Waals surface area (Å²) in [4.78, 5) is 10.6. The molecule has 3 nitrogen and oxygen atoms in total. The third-order valence-electron chi connectivity index (χ3n) is 3.18. The molecule has 0 aliphatic carbocycles. The van der Waals surface area contributed by atoms with Crippen molar-refractivity contribution in [3.05, 3.63) is 0 Å². The molecule has 0 bridgehead atoms. The van der Waals surface area contributed by atoms with Gasteiger partial charge >= 0.3 is 5.97 Å². The summed E-state index contributed by atoms with van der Waals surface area (Å²) in [5.74, 6) is -0.756. The Morgan fingerprint density at radius 1 is 1.00 bits per heavy atom. The Morgan fingerprint density at radius 3 is 2.06 bits per heavy atom. The molecule has 0 aromatic rings. The summed E-state index contributed by atoms with van der Waals surface area (Å²) in [7, 11) is 0. The van der Waals surface area contributed by atoms with Gasteiger partial charge in [0.05, 0.1) is 12.5 Å². The van der Waals surface area contributed by atoms with Crippen molar-refractivity contribution in [3.63, 3.8) is 0 Å². The number of ether oxygens (including phenoxy) is 1. The van der Waals surface area contributed by atoms with Crippen molar-refractivity contribution in [2.75, 3.05) is 6.61 Å². The minimum absolute atomic E-state index is 0.0902. The second-order valence-electron chi connectivity index (χ2n) is 4.94. The van der Waals surface area contributed by atoms with E-state index in [1.165, 1.54) is 44.9 Å². The molecule has 0 aromatic carbocycles. The Balaban J connectivity index is 3.40. The summed E-state index contributed by atoms with van der Waals surface area (Å²) in [6.07, 6.45) is 11.2. The van der Waals surface area contributed by atoms with E-state index in [0.29, 0.717) is 6.61 Å². The molecule has 0 amide bonds. The summed E-state index contributed by atoms with van der Waals surface area (Å²) in [6.45, 7) is 4.76. The number of aliphatic carboxylic acids is 1. The van der Waals surface area contributed by atoms with Gasteiger partial charge in [-0.25, -0.2) is 0 Å². The predicted molar refractivity (Wildman–Crippen MR) is 74.9 cm³/mol. The smallest absolute Gasteiger partial charge is 0.305 e. The monoisotopic (exact) mass is 258 g/mol. The fourth-order valence-corrected chi connectivity index (χ4v) is 2.18. The second kappa shape index (κ2) is 12.9. The average molecular weight is 258 g/mol. The van der Waals surface area contributed by atoms with E-state index >= 15 is 0 Å². The largest absolute Gasteiger partial charge is 0.481 e. The molecular formula is C15H30O3. The van der Waals surface area contributed by atoms with Gasteiger partial charge in [-0.15, -0.1) is 0 Å². The van der Waals surface area contributed by atoms with E-state index in [0.717, 1.165) is 12.8 Å². The van der Waals surface area contributed by atoms with Crippen LogP contribution >= 0.6 is 0 Å². The molecule has 0 rings (SSSR count). The van der Waals surface area contributed by atoms with Crippen molar-refractivity contribution in [2.24, 2.45) is 0 Å². The first-order valence-corrected chi connectivity index (χ1v) is 7.54. The number of carbonyl (C=O) groups is 1. The molecule has 0 spiro atoms. The maximum atomic E-state index is 10.6. The number of hydrogen-bond acceptors (Lipinski definition) is 2. The van der Waals surface area contributed by atoms with Crippen LogP contribution in [-0.2, 0) is 9.53 Å². The van der Waals surface area contributed by atoms with Crippen molar-refractivity contribution in [2.45, 2.75) is 84.2 Å². The van der Waals surface area contributed by atoms with Gasteiger partial charge in [-0.1, -0.05) is 58.3 Å². The van der Waals surface area contributed by atoms with Crippen molar-refractivity contribution >= 4 is 5.97 Å². The zero-order valence-electron chi connectivity index (χ0n) is 12.1. The van der Waals surface area contributed by atoms with Crippen LogP contribution in [0.2, 0.25) is 0 Å². The quantitative estimate of drug-likeness (QED) is 0.498. The molecule has 0 aromatic heterocycles. The Hall–Kier alpha value is -0.570. The highest BCUT2D eigenvalue weighted by Gasteiger charge is 2.12. The van der Waals surface area contributed by atoms with Crippen LogP contribution < -0.4 is 0 Å². The average Bonchev–Trinajstić information content (AvgIpc) is 2.32. The highest BCUT2D eigenvalue weighted by molar-refractivity contribution is 5.67. The van der Waals surface area contributed by atoms with Gasteiger partial charge in [0.1, 0.15) is 0 Å². The first-order chi connectivity index (χ1) is 8.70. The zero-order chi connectivity index (χ0) is 13.6. The summed E-state index contributed by atoms with van der Waals surface area (Å²) >= 11 is 0. The van der Waals surface area contributed by atoms with Crippen LogP contribution in [0.5, 0.6) is 0 Å². The summed E-state index contributed by atoms with van der Waals surface area (Å²) < 4.78 is 5.43. The molecule has 0 fully saturated rings. The molecule has 3 heteroatoms. The van der Waals surface area contributed by atoms with Gasteiger partial charge < -0.3 is 9.84 Å². The van der Waals surface area contributed by atoms with Gasteiger partial charge in [0.25, 0.3) is 0 Å². The van der Waals surface area contributed by atoms with Crippen molar-refractivity contribution < 1.29 is 14.6 Å². The molecule has 108 valence electrons. The normalized spacial score (nSPS) is 12.6. The van der Waals surface area contributed by atoms with Gasteiger partial charge in [-0.05, 0) is 13.3 Å². The lowest BCUT2D eigenvalue weighted by Gasteiger charge is -2.14. The molecule has 18 heavy (non-hydrogen) atoms. The van der Waals surface area contributed by atoms with Crippen molar-refractivity contribution in [1.82, 2.24) is 0 Å². The second-order valence-corrected chi connectivity index (χ2v) is 4.94. The van der Waals surface area contributed by atoms with Gasteiger partial charge in [-0.3, -0.25) is 4.79 Å². The lowest BCUT2D eigenvalue weighted by atomic mass is 10.0. The van der Waals surface area contributed by atoms with Crippen molar-refractivity contribution in [1.29, 1.82) is 0 Å². The van der Waals surface area contributed by atoms with E-state index in [1.807, 2.05) is 6.92 Å². The minimum Gasteiger partial charge on any atom is -0.481 e. The van der Waals surface area contributed by atoms with E-state index in [4.69, 9.17) is 9.84 Å². The molecular weight excluding hydrogens is 228 g/mol. The third-order valence-corrected chi connectivity index (χ3v) is 3.18. The fraction of sp³-hybridized carbons (Fsp3) is 0.933. The number of hydrogen-bond donors (Lipinski definition) is 1. The van der Waals surface area contributed by atoms with E-state index in [1.54, 1.807) is 0 Å². The fourth-order valence-electron chi connectivity index (χ4n) is 2.18. The van der Waals surface area contributed by atoms with E-state index in [9.17, 15) is 4.79 Å². The van der Waals surface area contributed by atoms with Crippen LogP contribution in [0.3, 0.4) is 0 Å². The first-order valence-electron chi connectivity index (χ1n) is 7.54. The first kappa shape index (κ1) is 17.4. The van der Waals surface area contributed by atoms with Crippen LogP contribution in [0, 0.1) is 0 Å². The highest BCUT2D eigenvalue weighted by atomic mass is 16.5. The lowest BCUT2D eigenvalue weighted by Crippen LogP contribution is -2.17. The highest BCUT2D eigenvalue weighted by Crippen LogP contribution is 2.13. The number of rotatable bonds is 13. The van der Waals surface area contributed by atoms with Crippen LogP contribution in [-0.4, -0.2) is 23.8 Å². The minimum atomic E-state index is -0.756. The van der Waals surface area contributed by atoms with Crippen LogP contribution in [0.4, 0.5) is 0 Å². The number of carboxylic acids is 1. The molecule has 0 heterocycles. The zero-order valence-corrected chi connectivity index (χ0v) is 12.1. The van der Waals surface area contributed by atoms with E-state index in [-0.39, 0.29) is 12.5 Å². The SMILES string of the molecule is CCCCCCCCCCC(CC(=O)O)OCC. The van der Waals surface area contributed by atoms with E-state index in [2.05, 4.69) is 6.92 Å². The maximum absolute atomic E-state index is 10.6. The molecule has 0 aliphatic rings. The summed E-state index contributed by atoms with van der Waals surface area (Å²) in [5, 5.41) is 8.75. The Kier molecular flexibility index (Phi) is 12.5. The molecule has 1 N–H and O–H groups in total. The standard InChI is InChI=1S/C15H30O3/c1-3-5-6-7-8-9-10-11-12-14(18-4-2)13-15(16)17/h14H,3-13H2,1-2H3,(H,16,17). The van der Waals surface area contributed by atoms with Gasteiger partial charge in [0.2, 0.25) is 0 Å². The predicted octanol–water partition coefficient (Wildman–Crippen LogP) is 4.40. The molecule has 0 radical (unpaired) electrons. The number of carboxylic acid groups (broad SMARTS) is 1. The van der Waals surface area contributed by atoms with Crippen LogP contribution in [0.15, 0.2) is 0 Å². The van der Waals surface area contributed by atoms with Crippen LogP contribution in [0.1, 0.15) is 78.1 Å². The van der Waals surface area contributed by atoms with Gasteiger partial charge in [0, 0.05) is 6.61 Å². The summed E-state index contributed by atoms with van der Waals surface area (Å²) in [6, 6.07) is 0. The third kappa shape index (κ3) is 11.9. The van der Waals surface area contributed by atoms with E-state index < -0.39 is 5.97 Å². The number of unbranched alkanes of at least 4 members (excludes halogenated alkanes) is 7. The molecule has 0 saturated carbocycles.